The molecule has 0 saturated carbocycles. The van der Waals surface area contributed by atoms with E-state index < -0.39 is 5.82 Å². The largest absolute Gasteiger partial charge is 0.494 e. The first-order chi connectivity index (χ1) is 13.1. The summed E-state index contributed by atoms with van der Waals surface area (Å²) in [5, 5.41) is 3.25. The van der Waals surface area contributed by atoms with Gasteiger partial charge in [0.1, 0.15) is 5.75 Å². The van der Waals surface area contributed by atoms with Gasteiger partial charge in [0, 0.05) is 0 Å². The highest BCUT2D eigenvalue weighted by molar-refractivity contribution is 6.32. The lowest BCUT2D eigenvalue weighted by molar-refractivity contribution is -0.115. The Balaban J connectivity index is 1.73. The first kappa shape index (κ1) is 18.7. The lowest BCUT2D eigenvalue weighted by Gasteiger charge is -2.13. The summed E-state index contributed by atoms with van der Waals surface area (Å²) in [6.45, 7) is 0. The molecule has 0 unspecified atom stereocenters. The maximum Gasteiger partial charge on any atom is 0.228 e. The number of ether oxygens (including phenoxy) is 2. The van der Waals surface area contributed by atoms with Gasteiger partial charge in [-0.2, -0.15) is 0 Å². The van der Waals surface area contributed by atoms with E-state index in [4.69, 9.17) is 21.1 Å². The number of carbonyl (C=O) groups excluding carboxylic acids is 1. The summed E-state index contributed by atoms with van der Waals surface area (Å²) in [6, 6.07) is 18.5. The minimum Gasteiger partial charge on any atom is -0.494 e. The standard InChI is InChI=1S/C21H17ClFNO3/c1-26-19-11-10-14(12-16(19)23)13-21(25)24-17-7-3-5-9-20(17)27-18-8-4-2-6-15(18)22/h2-12H,13H2,1H3,(H,24,25). The van der Waals surface area contributed by atoms with Gasteiger partial charge < -0.3 is 14.8 Å². The fourth-order valence-corrected chi connectivity index (χ4v) is 2.68. The first-order valence-corrected chi connectivity index (χ1v) is 8.58. The number of benzene rings is 3. The second kappa shape index (κ2) is 8.56. The van der Waals surface area contributed by atoms with E-state index in [-0.39, 0.29) is 18.1 Å². The van der Waals surface area contributed by atoms with Crippen molar-refractivity contribution in [1.82, 2.24) is 0 Å². The minimum atomic E-state index is -0.509. The average molecular weight is 386 g/mol. The smallest absolute Gasteiger partial charge is 0.228 e. The molecule has 0 fully saturated rings. The summed E-state index contributed by atoms with van der Waals surface area (Å²) < 4.78 is 24.5. The number of anilines is 1. The molecule has 0 atom stereocenters. The summed E-state index contributed by atoms with van der Waals surface area (Å²) in [5.74, 6) is 0.274. The Kier molecular flexibility index (Phi) is 5.94. The zero-order chi connectivity index (χ0) is 19.2. The lowest BCUT2D eigenvalue weighted by Crippen LogP contribution is -2.15. The third kappa shape index (κ3) is 4.77. The molecule has 0 bridgehead atoms. The highest BCUT2D eigenvalue weighted by Crippen LogP contribution is 2.33. The number of rotatable bonds is 6. The summed E-state index contributed by atoms with van der Waals surface area (Å²) >= 11 is 6.12. The van der Waals surface area contributed by atoms with E-state index in [0.29, 0.717) is 27.8 Å². The Labute approximate surface area is 161 Å². The third-order valence-electron chi connectivity index (χ3n) is 3.80. The lowest BCUT2D eigenvalue weighted by atomic mass is 10.1. The van der Waals surface area contributed by atoms with Gasteiger partial charge in [0.15, 0.2) is 17.3 Å². The molecule has 138 valence electrons. The average Bonchev–Trinajstić information content (AvgIpc) is 2.65. The SMILES string of the molecule is COc1ccc(CC(=O)Nc2ccccc2Oc2ccccc2Cl)cc1F. The van der Waals surface area contributed by atoms with Crippen LogP contribution in [-0.2, 0) is 11.2 Å². The predicted octanol–water partition coefficient (Wildman–Crippen LogP) is 5.46. The highest BCUT2D eigenvalue weighted by Gasteiger charge is 2.12. The summed E-state index contributed by atoms with van der Waals surface area (Å²) in [7, 11) is 1.39. The van der Waals surface area contributed by atoms with Gasteiger partial charge in [0.05, 0.1) is 24.2 Å². The molecule has 0 aromatic heterocycles. The molecule has 4 nitrogen and oxygen atoms in total. The number of para-hydroxylation sites is 3. The van der Waals surface area contributed by atoms with Crippen molar-refractivity contribution in [3.63, 3.8) is 0 Å². The highest BCUT2D eigenvalue weighted by atomic mass is 35.5. The van der Waals surface area contributed by atoms with Gasteiger partial charge in [0.25, 0.3) is 0 Å². The number of methoxy groups -OCH3 is 1. The maximum atomic E-state index is 13.8. The van der Waals surface area contributed by atoms with Crippen molar-refractivity contribution in [3.05, 3.63) is 83.1 Å². The van der Waals surface area contributed by atoms with Gasteiger partial charge in [-0.3, -0.25) is 4.79 Å². The monoisotopic (exact) mass is 385 g/mol. The van der Waals surface area contributed by atoms with Crippen molar-refractivity contribution >= 4 is 23.2 Å². The van der Waals surface area contributed by atoms with Crippen LogP contribution in [0.4, 0.5) is 10.1 Å². The van der Waals surface area contributed by atoms with Gasteiger partial charge in [-0.15, -0.1) is 0 Å². The maximum absolute atomic E-state index is 13.8. The Morgan fingerprint density at radius 3 is 2.41 bits per heavy atom. The molecule has 27 heavy (non-hydrogen) atoms. The van der Waals surface area contributed by atoms with Crippen LogP contribution in [0, 0.1) is 5.82 Å². The van der Waals surface area contributed by atoms with Gasteiger partial charge in [-0.25, -0.2) is 4.39 Å². The molecule has 1 amide bonds. The molecule has 0 spiro atoms. The van der Waals surface area contributed by atoms with Gasteiger partial charge in [-0.1, -0.05) is 41.9 Å². The molecule has 0 aliphatic rings. The second-order valence-electron chi connectivity index (χ2n) is 5.72. The molecule has 1 N–H and O–H groups in total. The summed E-state index contributed by atoms with van der Waals surface area (Å²) in [5.41, 5.74) is 1.03. The molecule has 0 heterocycles. The normalized spacial score (nSPS) is 10.3. The van der Waals surface area contributed by atoms with E-state index in [2.05, 4.69) is 5.32 Å². The molecule has 0 aliphatic heterocycles. The number of hydrogen-bond donors (Lipinski definition) is 1. The Hall–Kier alpha value is -3.05. The van der Waals surface area contributed by atoms with Crippen LogP contribution in [0.25, 0.3) is 0 Å². The van der Waals surface area contributed by atoms with E-state index >= 15 is 0 Å². The fourth-order valence-electron chi connectivity index (χ4n) is 2.50. The van der Waals surface area contributed by atoms with Crippen molar-refractivity contribution in [1.29, 1.82) is 0 Å². The fraction of sp³-hybridized carbons (Fsp3) is 0.0952. The third-order valence-corrected chi connectivity index (χ3v) is 4.11. The van der Waals surface area contributed by atoms with Crippen molar-refractivity contribution in [3.8, 4) is 17.2 Å². The van der Waals surface area contributed by atoms with E-state index in [1.807, 2.05) is 0 Å². The Morgan fingerprint density at radius 2 is 1.70 bits per heavy atom. The van der Waals surface area contributed by atoms with Crippen LogP contribution in [0.5, 0.6) is 17.2 Å². The first-order valence-electron chi connectivity index (χ1n) is 8.20. The topological polar surface area (TPSA) is 47.6 Å². The van der Waals surface area contributed by atoms with E-state index in [9.17, 15) is 9.18 Å². The minimum absolute atomic E-state index is 0.0152. The molecule has 3 rings (SSSR count). The molecular weight excluding hydrogens is 369 g/mol. The van der Waals surface area contributed by atoms with Gasteiger partial charge >= 0.3 is 0 Å². The zero-order valence-electron chi connectivity index (χ0n) is 14.5. The number of hydrogen-bond acceptors (Lipinski definition) is 3. The summed E-state index contributed by atoms with van der Waals surface area (Å²) in [6.07, 6.45) is 0.0152. The van der Waals surface area contributed by atoms with Gasteiger partial charge in [0.2, 0.25) is 5.91 Å². The van der Waals surface area contributed by atoms with Crippen LogP contribution in [0.3, 0.4) is 0 Å². The van der Waals surface area contributed by atoms with E-state index in [1.54, 1.807) is 54.6 Å². The number of nitrogens with one attached hydrogen (secondary N) is 1. The molecule has 0 radical (unpaired) electrons. The van der Waals surface area contributed by atoms with E-state index in [1.165, 1.54) is 19.2 Å². The van der Waals surface area contributed by atoms with Crippen molar-refractivity contribution in [2.24, 2.45) is 0 Å². The van der Waals surface area contributed by atoms with Crippen molar-refractivity contribution < 1.29 is 18.7 Å². The Morgan fingerprint density at radius 1 is 1.00 bits per heavy atom. The molecule has 0 aliphatic carbocycles. The number of halogens is 2. The van der Waals surface area contributed by atoms with Crippen LogP contribution < -0.4 is 14.8 Å². The van der Waals surface area contributed by atoms with Crippen molar-refractivity contribution in [2.75, 3.05) is 12.4 Å². The van der Waals surface area contributed by atoms with Crippen LogP contribution in [0.2, 0.25) is 5.02 Å². The molecule has 6 heteroatoms. The molecule has 3 aromatic carbocycles. The number of carbonyl (C=O) groups is 1. The van der Waals surface area contributed by atoms with Crippen LogP contribution in [0.15, 0.2) is 66.7 Å². The summed E-state index contributed by atoms with van der Waals surface area (Å²) in [4.78, 5) is 12.4. The Bertz CT molecular complexity index is 962. The molecule has 0 saturated heterocycles. The zero-order valence-corrected chi connectivity index (χ0v) is 15.3. The molecular formula is C21H17ClFNO3. The quantitative estimate of drug-likeness (QED) is 0.612. The van der Waals surface area contributed by atoms with Crippen molar-refractivity contribution in [2.45, 2.75) is 6.42 Å². The van der Waals surface area contributed by atoms with E-state index in [0.717, 1.165) is 0 Å². The van der Waals surface area contributed by atoms with Crippen LogP contribution >= 0.6 is 11.6 Å². The second-order valence-corrected chi connectivity index (χ2v) is 6.13. The molecule has 3 aromatic rings. The number of amides is 1. The van der Waals surface area contributed by atoms with Crippen LogP contribution in [-0.4, -0.2) is 13.0 Å². The predicted molar refractivity (Wildman–Crippen MR) is 103 cm³/mol. The van der Waals surface area contributed by atoms with Gasteiger partial charge in [-0.05, 0) is 42.0 Å². The van der Waals surface area contributed by atoms with Crippen LogP contribution in [0.1, 0.15) is 5.56 Å².